The van der Waals surface area contributed by atoms with Crippen molar-refractivity contribution in [2.45, 2.75) is 23.6 Å². The van der Waals surface area contributed by atoms with Gasteiger partial charge in [-0.1, -0.05) is 65.4 Å². The number of thiazole rings is 1. The molecule has 0 bridgehead atoms. The summed E-state index contributed by atoms with van der Waals surface area (Å²) in [5.74, 6) is 0.933. The second-order valence-electron chi connectivity index (χ2n) is 6.15. The van der Waals surface area contributed by atoms with Gasteiger partial charge in [-0.3, -0.25) is 0 Å². The maximum Gasteiger partial charge on any atom is 0.338 e. The van der Waals surface area contributed by atoms with E-state index < -0.39 is 5.97 Å². The Morgan fingerprint density at radius 1 is 1.10 bits per heavy atom. The molecule has 0 unspecified atom stereocenters. The van der Waals surface area contributed by atoms with E-state index in [0.29, 0.717) is 17.1 Å². The van der Waals surface area contributed by atoms with E-state index in [1.54, 1.807) is 29.2 Å². The number of hydrogen-bond acceptors (Lipinski definition) is 8. The summed E-state index contributed by atoms with van der Waals surface area (Å²) in [5, 5.41) is 5.94. The molecule has 146 valence electrons. The van der Waals surface area contributed by atoms with Crippen LogP contribution in [-0.4, -0.2) is 21.1 Å². The Labute approximate surface area is 176 Å². The Kier molecular flexibility index (Phi) is 6.02. The molecule has 0 atom stereocenters. The number of esters is 1. The van der Waals surface area contributed by atoms with Gasteiger partial charge in [0.15, 0.2) is 6.61 Å². The molecule has 0 amide bonds. The van der Waals surface area contributed by atoms with Crippen molar-refractivity contribution in [2.24, 2.45) is 0 Å². The van der Waals surface area contributed by atoms with Crippen LogP contribution in [0.1, 0.15) is 27.5 Å². The zero-order valence-corrected chi connectivity index (χ0v) is 17.2. The molecule has 0 spiro atoms. The van der Waals surface area contributed by atoms with Crippen LogP contribution in [0, 0.1) is 6.92 Å². The first kappa shape index (κ1) is 19.4. The third kappa shape index (κ3) is 4.90. The van der Waals surface area contributed by atoms with Gasteiger partial charge in [0.1, 0.15) is 4.34 Å². The van der Waals surface area contributed by atoms with Gasteiger partial charge in [-0.05, 0) is 18.6 Å². The molecule has 0 N–H and O–H groups in total. The van der Waals surface area contributed by atoms with E-state index >= 15 is 0 Å². The Balaban J connectivity index is 1.39. The van der Waals surface area contributed by atoms with E-state index in [4.69, 9.17) is 9.26 Å². The summed E-state index contributed by atoms with van der Waals surface area (Å²) in [5.41, 5.74) is 3.26. The number of carbonyl (C=O) groups is 1. The molecule has 4 aromatic rings. The van der Waals surface area contributed by atoms with Crippen LogP contribution in [0.25, 0.3) is 11.4 Å². The first-order valence-electron chi connectivity index (χ1n) is 8.87. The van der Waals surface area contributed by atoms with Crippen LogP contribution in [0.3, 0.4) is 0 Å². The molecule has 0 aliphatic rings. The molecular formula is C21H17N3O3S2. The SMILES string of the molecule is Cc1csc(SCc2ccccc2C(=O)OCc2nc(-c3ccccc3)no2)n1. The van der Waals surface area contributed by atoms with Crippen molar-refractivity contribution < 1.29 is 14.1 Å². The van der Waals surface area contributed by atoms with Crippen LogP contribution < -0.4 is 0 Å². The standard InChI is InChI=1S/C21H17N3O3S2/c1-14-12-28-21(22-14)29-13-16-9-5-6-10-17(16)20(25)26-11-18-23-19(24-27-18)15-7-3-2-4-8-15/h2-10,12H,11,13H2,1H3. The van der Waals surface area contributed by atoms with Gasteiger partial charge in [0, 0.05) is 22.4 Å². The molecule has 0 aliphatic heterocycles. The van der Waals surface area contributed by atoms with E-state index in [9.17, 15) is 4.79 Å². The minimum atomic E-state index is -0.420. The summed E-state index contributed by atoms with van der Waals surface area (Å²) in [6.07, 6.45) is 0. The lowest BCUT2D eigenvalue weighted by molar-refractivity contribution is 0.0429. The van der Waals surface area contributed by atoms with Crippen LogP contribution in [0.4, 0.5) is 0 Å². The first-order chi connectivity index (χ1) is 14.2. The molecule has 0 saturated heterocycles. The molecular weight excluding hydrogens is 406 g/mol. The van der Waals surface area contributed by atoms with Gasteiger partial charge < -0.3 is 9.26 Å². The van der Waals surface area contributed by atoms with E-state index in [-0.39, 0.29) is 12.5 Å². The molecule has 8 heteroatoms. The maximum absolute atomic E-state index is 12.6. The lowest BCUT2D eigenvalue weighted by Crippen LogP contribution is -2.08. The van der Waals surface area contributed by atoms with Gasteiger partial charge >= 0.3 is 5.97 Å². The molecule has 0 saturated carbocycles. The van der Waals surface area contributed by atoms with Crippen LogP contribution in [-0.2, 0) is 17.1 Å². The van der Waals surface area contributed by atoms with Gasteiger partial charge in [0.05, 0.1) is 5.56 Å². The zero-order valence-electron chi connectivity index (χ0n) is 15.6. The lowest BCUT2D eigenvalue weighted by atomic mass is 10.1. The number of nitrogens with zero attached hydrogens (tertiary/aromatic N) is 3. The van der Waals surface area contributed by atoms with Gasteiger partial charge in [-0.2, -0.15) is 4.98 Å². The highest BCUT2D eigenvalue weighted by Crippen LogP contribution is 2.27. The minimum absolute atomic E-state index is 0.0776. The van der Waals surface area contributed by atoms with Crippen LogP contribution in [0.5, 0.6) is 0 Å². The van der Waals surface area contributed by atoms with Crippen molar-refractivity contribution in [2.75, 3.05) is 0 Å². The summed E-state index contributed by atoms with van der Waals surface area (Å²) in [7, 11) is 0. The Bertz CT molecular complexity index is 1110. The van der Waals surface area contributed by atoms with E-state index in [0.717, 1.165) is 21.2 Å². The fourth-order valence-electron chi connectivity index (χ4n) is 2.61. The molecule has 0 fully saturated rings. The molecule has 0 radical (unpaired) electrons. The number of hydrogen-bond donors (Lipinski definition) is 0. The summed E-state index contributed by atoms with van der Waals surface area (Å²) < 4.78 is 11.6. The third-order valence-electron chi connectivity index (χ3n) is 4.01. The first-order valence-corrected chi connectivity index (χ1v) is 10.7. The predicted molar refractivity (Wildman–Crippen MR) is 112 cm³/mol. The maximum atomic E-state index is 12.6. The molecule has 2 aromatic carbocycles. The van der Waals surface area contributed by atoms with Crippen molar-refractivity contribution in [1.82, 2.24) is 15.1 Å². The monoisotopic (exact) mass is 423 g/mol. The minimum Gasteiger partial charge on any atom is -0.452 e. The average Bonchev–Trinajstić information content (AvgIpc) is 3.40. The van der Waals surface area contributed by atoms with Crippen molar-refractivity contribution in [3.63, 3.8) is 0 Å². The lowest BCUT2D eigenvalue weighted by Gasteiger charge is -2.07. The second-order valence-corrected chi connectivity index (χ2v) is 8.24. The van der Waals surface area contributed by atoms with Crippen LogP contribution >= 0.6 is 23.1 Å². The number of benzene rings is 2. The molecule has 0 aliphatic carbocycles. The number of carbonyl (C=O) groups excluding carboxylic acids is 1. The Morgan fingerprint density at radius 3 is 2.69 bits per heavy atom. The Hall–Kier alpha value is -2.97. The molecule has 29 heavy (non-hydrogen) atoms. The number of rotatable bonds is 7. The van der Waals surface area contributed by atoms with E-state index in [2.05, 4.69) is 15.1 Å². The number of aryl methyl sites for hydroxylation is 1. The Morgan fingerprint density at radius 2 is 1.90 bits per heavy atom. The fraction of sp³-hybridized carbons (Fsp3) is 0.143. The summed E-state index contributed by atoms with van der Waals surface area (Å²) >= 11 is 3.20. The highest BCUT2D eigenvalue weighted by Gasteiger charge is 2.16. The fourth-order valence-corrected chi connectivity index (χ4v) is 4.46. The van der Waals surface area contributed by atoms with Crippen molar-refractivity contribution in [1.29, 1.82) is 0 Å². The smallest absolute Gasteiger partial charge is 0.338 e. The zero-order chi connectivity index (χ0) is 20.1. The van der Waals surface area contributed by atoms with Gasteiger partial charge in [-0.25, -0.2) is 9.78 Å². The summed E-state index contributed by atoms with van der Waals surface area (Å²) in [4.78, 5) is 21.3. The third-order valence-corrected chi connectivity index (χ3v) is 6.20. The van der Waals surface area contributed by atoms with Crippen molar-refractivity contribution in [3.8, 4) is 11.4 Å². The highest BCUT2D eigenvalue weighted by molar-refractivity contribution is 8.00. The molecule has 2 heterocycles. The molecule has 4 rings (SSSR count). The largest absolute Gasteiger partial charge is 0.452 e. The quantitative estimate of drug-likeness (QED) is 0.300. The van der Waals surface area contributed by atoms with Crippen LogP contribution in [0.2, 0.25) is 0 Å². The number of thioether (sulfide) groups is 1. The average molecular weight is 424 g/mol. The van der Waals surface area contributed by atoms with E-state index in [1.807, 2.05) is 60.8 Å². The molecule has 2 aromatic heterocycles. The summed E-state index contributed by atoms with van der Waals surface area (Å²) in [6.45, 7) is 1.89. The second kappa shape index (κ2) is 9.02. The normalized spacial score (nSPS) is 10.8. The predicted octanol–water partition coefficient (Wildman–Crippen LogP) is 5.15. The molecule has 6 nitrogen and oxygen atoms in total. The van der Waals surface area contributed by atoms with Crippen LogP contribution in [0.15, 0.2) is 68.8 Å². The van der Waals surface area contributed by atoms with Gasteiger partial charge in [0.2, 0.25) is 5.82 Å². The van der Waals surface area contributed by atoms with Gasteiger partial charge in [0.25, 0.3) is 5.89 Å². The topological polar surface area (TPSA) is 78.1 Å². The highest BCUT2D eigenvalue weighted by atomic mass is 32.2. The number of ether oxygens (including phenoxy) is 1. The van der Waals surface area contributed by atoms with Crippen molar-refractivity contribution >= 4 is 29.1 Å². The summed E-state index contributed by atoms with van der Waals surface area (Å²) in [6, 6.07) is 16.9. The van der Waals surface area contributed by atoms with Crippen molar-refractivity contribution in [3.05, 3.63) is 82.7 Å². The number of aromatic nitrogens is 3. The van der Waals surface area contributed by atoms with E-state index in [1.165, 1.54) is 0 Å². The van der Waals surface area contributed by atoms with Gasteiger partial charge in [-0.15, -0.1) is 11.3 Å².